The second-order valence-electron chi connectivity index (χ2n) is 6.38. The van der Waals surface area contributed by atoms with Crippen LogP contribution in [0.2, 0.25) is 0 Å². The van der Waals surface area contributed by atoms with Crippen LogP contribution in [0.4, 0.5) is 0 Å². The third kappa shape index (κ3) is 4.46. The minimum atomic E-state index is -0.0746. The van der Waals surface area contributed by atoms with Crippen LogP contribution in [0.3, 0.4) is 0 Å². The highest BCUT2D eigenvalue weighted by atomic mass is 35.5. The Morgan fingerprint density at radius 2 is 1.89 bits per heavy atom. The van der Waals surface area contributed by atoms with Gasteiger partial charge in [-0.25, -0.2) is 0 Å². The van der Waals surface area contributed by atoms with Crippen molar-refractivity contribution in [2.24, 2.45) is 17.3 Å². The fourth-order valence-electron chi connectivity index (χ4n) is 3.10. The normalized spacial score (nSPS) is 20.1. The molecule has 0 aromatic rings. The van der Waals surface area contributed by atoms with Gasteiger partial charge in [0.2, 0.25) is 5.91 Å². The Bertz CT molecular complexity index is 259. The van der Waals surface area contributed by atoms with E-state index in [1.807, 2.05) is 0 Å². The minimum Gasteiger partial charge on any atom is -0.355 e. The number of alkyl halides is 1. The summed E-state index contributed by atoms with van der Waals surface area (Å²) in [6.07, 6.45) is 6.55. The fraction of sp³-hybridized carbons (Fsp3) is 0.933. The van der Waals surface area contributed by atoms with E-state index in [0.29, 0.717) is 17.7 Å². The van der Waals surface area contributed by atoms with Gasteiger partial charge in [-0.2, -0.15) is 0 Å². The van der Waals surface area contributed by atoms with Crippen molar-refractivity contribution >= 4 is 17.5 Å². The monoisotopic (exact) mass is 273 g/mol. The van der Waals surface area contributed by atoms with Crippen LogP contribution in [0.1, 0.15) is 59.3 Å². The van der Waals surface area contributed by atoms with Gasteiger partial charge in [0.1, 0.15) is 0 Å². The Morgan fingerprint density at radius 1 is 1.28 bits per heavy atom. The maximum atomic E-state index is 12.5. The molecule has 0 aliphatic heterocycles. The molecule has 18 heavy (non-hydrogen) atoms. The van der Waals surface area contributed by atoms with Gasteiger partial charge >= 0.3 is 0 Å². The van der Waals surface area contributed by atoms with Crippen LogP contribution < -0.4 is 5.32 Å². The third-order valence-electron chi connectivity index (χ3n) is 4.05. The molecule has 1 N–H and O–H groups in total. The molecular weight excluding hydrogens is 246 g/mol. The molecule has 1 aliphatic rings. The highest BCUT2D eigenvalue weighted by Crippen LogP contribution is 2.43. The van der Waals surface area contributed by atoms with E-state index in [-0.39, 0.29) is 11.3 Å². The van der Waals surface area contributed by atoms with Gasteiger partial charge in [0.25, 0.3) is 0 Å². The number of carbonyl (C=O) groups excluding carboxylic acids is 1. The smallest absolute Gasteiger partial charge is 0.226 e. The first-order valence-corrected chi connectivity index (χ1v) is 7.88. The lowest BCUT2D eigenvalue weighted by molar-refractivity contribution is -0.132. The number of halogens is 1. The molecule has 106 valence electrons. The van der Waals surface area contributed by atoms with E-state index in [1.54, 1.807) is 0 Å². The second kappa shape index (κ2) is 7.37. The van der Waals surface area contributed by atoms with Crippen molar-refractivity contribution < 1.29 is 4.79 Å². The molecule has 1 amide bonds. The first-order chi connectivity index (χ1) is 8.50. The van der Waals surface area contributed by atoms with Gasteiger partial charge in [0, 0.05) is 17.8 Å². The largest absolute Gasteiger partial charge is 0.355 e. The maximum Gasteiger partial charge on any atom is 0.226 e. The predicted octanol–water partition coefficient (Wildman–Crippen LogP) is 3.97. The molecule has 1 atom stereocenters. The van der Waals surface area contributed by atoms with Gasteiger partial charge in [-0.3, -0.25) is 4.79 Å². The van der Waals surface area contributed by atoms with E-state index in [1.165, 1.54) is 12.8 Å². The summed E-state index contributed by atoms with van der Waals surface area (Å²) in [7, 11) is 0. The zero-order valence-corrected chi connectivity index (χ0v) is 12.9. The summed E-state index contributed by atoms with van der Waals surface area (Å²) in [5.74, 6) is 2.03. The molecule has 1 unspecified atom stereocenters. The lowest BCUT2D eigenvalue weighted by Gasteiger charge is -2.30. The van der Waals surface area contributed by atoms with Crippen LogP contribution in [0.25, 0.3) is 0 Å². The standard InChI is InChI=1S/C15H28ClNO/c1-12(2)10-15(7-4-5-8-15)14(18)17-11-13(3)6-9-16/h12-13H,4-11H2,1-3H3,(H,17,18). The molecule has 0 spiro atoms. The number of carbonyl (C=O) groups is 1. The first kappa shape index (κ1) is 15.8. The van der Waals surface area contributed by atoms with Crippen molar-refractivity contribution in [2.75, 3.05) is 12.4 Å². The van der Waals surface area contributed by atoms with Gasteiger partial charge in [-0.15, -0.1) is 11.6 Å². The topological polar surface area (TPSA) is 29.1 Å². The molecule has 3 heteroatoms. The Hall–Kier alpha value is -0.240. The van der Waals surface area contributed by atoms with E-state index in [0.717, 1.165) is 32.2 Å². The average Bonchev–Trinajstić information content (AvgIpc) is 2.75. The number of hydrogen-bond acceptors (Lipinski definition) is 1. The van der Waals surface area contributed by atoms with Crippen molar-refractivity contribution in [2.45, 2.75) is 59.3 Å². The van der Waals surface area contributed by atoms with Crippen molar-refractivity contribution in [3.63, 3.8) is 0 Å². The number of nitrogens with one attached hydrogen (secondary N) is 1. The van der Waals surface area contributed by atoms with Crippen molar-refractivity contribution in [1.29, 1.82) is 0 Å². The zero-order chi connectivity index (χ0) is 13.6. The van der Waals surface area contributed by atoms with Gasteiger partial charge in [-0.05, 0) is 37.5 Å². The Balaban J connectivity index is 2.50. The Labute approximate surface area is 117 Å². The zero-order valence-electron chi connectivity index (χ0n) is 12.1. The van der Waals surface area contributed by atoms with Gasteiger partial charge in [0.15, 0.2) is 0 Å². The lowest BCUT2D eigenvalue weighted by Crippen LogP contribution is -2.41. The third-order valence-corrected chi connectivity index (χ3v) is 4.27. The molecule has 0 aromatic carbocycles. The maximum absolute atomic E-state index is 12.5. The van der Waals surface area contributed by atoms with Crippen LogP contribution in [-0.2, 0) is 4.79 Å². The summed E-state index contributed by atoms with van der Waals surface area (Å²) in [4.78, 5) is 12.5. The van der Waals surface area contributed by atoms with Crippen molar-refractivity contribution in [3.8, 4) is 0 Å². The van der Waals surface area contributed by atoms with Crippen LogP contribution in [0, 0.1) is 17.3 Å². The quantitative estimate of drug-likeness (QED) is 0.699. The molecule has 1 aliphatic carbocycles. The lowest BCUT2D eigenvalue weighted by atomic mass is 9.77. The predicted molar refractivity (Wildman–Crippen MR) is 77.9 cm³/mol. The van der Waals surface area contributed by atoms with Crippen LogP contribution >= 0.6 is 11.6 Å². The highest BCUT2D eigenvalue weighted by Gasteiger charge is 2.41. The summed E-state index contributed by atoms with van der Waals surface area (Å²) >= 11 is 5.72. The van der Waals surface area contributed by atoms with Crippen molar-refractivity contribution in [3.05, 3.63) is 0 Å². The summed E-state index contributed by atoms with van der Waals surface area (Å²) in [5, 5.41) is 3.16. The molecule has 0 bridgehead atoms. The first-order valence-electron chi connectivity index (χ1n) is 7.34. The Morgan fingerprint density at radius 3 is 2.39 bits per heavy atom. The second-order valence-corrected chi connectivity index (χ2v) is 6.76. The van der Waals surface area contributed by atoms with Crippen LogP contribution in [0.15, 0.2) is 0 Å². The van der Waals surface area contributed by atoms with Gasteiger partial charge in [0.05, 0.1) is 0 Å². The number of rotatable bonds is 7. The van der Waals surface area contributed by atoms with E-state index in [4.69, 9.17) is 11.6 Å². The van der Waals surface area contributed by atoms with Crippen LogP contribution in [-0.4, -0.2) is 18.3 Å². The van der Waals surface area contributed by atoms with Gasteiger partial charge in [-0.1, -0.05) is 33.6 Å². The molecule has 1 fully saturated rings. The number of hydrogen-bond donors (Lipinski definition) is 1. The van der Waals surface area contributed by atoms with E-state index >= 15 is 0 Å². The van der Waals surface area contributed by atoms with E-state index < -0.39 is 0 Å². The minimum absolute atomic E-state index is 0.0746. The molecule has 0 heterocycles. The molecule has 0 saturated heterocycles. The molecular formula is C15H28ClNO. The fourth-order valence-corrected chi connectivity index (χ4v) is 3.47. The summed E-state index contributed by atoms with van der Waals surface area (Å²) in [6, 6.07) is 0. The SMILES string of the molecule is CC(C)CC1(C(=O)NCC(C)CCCl)CCCC1. The number of amides is 1. The van der Waals surface area contributed by atoms with E-state index in [2.05, 4.69) is 26.1 Å². The highest BCUT2D eigenvalue weighted by molar-refractivity contribution is 6.17. The molecule has 1 rings (SSSR count). The molecule has 0 aromatic heterocycles. The van der Waals surface area contributed by atoms with E-state index in [9.17, 15) is 4.79 Å². The van der Waals surface area contributed by atoms with Crippen LogP contribution in [0.5, 0.6) is 0 Å². The molecule has 0 radical (unpaired) electrons. The summed E-state index contributed by atoms with van der Waals surface area (Å²) < 4.78 is 0. The van der Waals surface area contributed by atoms with Crippen molar-refractivity contribution in [1.82, 2.24) is 5.32 Å². The summed E-state index contributed by atoms with van der Waals surface area (Å²) in [6.45, 7) is 7.34. The van der Waals surface area contributed by atoms with Gasteiger partial charge < -0.3 is 5.32 Å². The average molecular weight is 274 g/mol. The molecule has 2 nitrogen and oxygen atoms in total. The summed E-state index contributed by atoms with van der Waals surface area (Å²) in [5.41, 5.74) is -0.0746. The Kier molecular flexibility index (Phi) is 6.48. The molecule has 1 saturated carbocycles.